The Bertz CT molecular complexity index is 941. The summed E-state index contributed by atoms with van der Waals surface area (Å²) in [6.07, 6.45) is 6.80. The molecule has 1 aliphatic rings. The number of benzene rings is 2. The normalized spacial score (nSPS) is 18.8. The van der Waals surface area contributed by atoms with Crippen molar-refractivity contribution in [2.75, 3.05) is 19.7 Å². The number of hydrogen-bond acceptors (Lipinski definition) is 4. The molecule has 0 aliphatic carbocycles. The topological polar surface area (TPSA) is 78.3 Å². The highest BCUT2D eigenvalue weighted by Gasteiger charge is 2.30. The molecule has 154 valence electrons. The highest BCUT2D eigenvalue weighted by atomic mass is 16.5. The van der Waals surface area contributed by atoms with Crippen molar-refractivity contribution in [2.45, 2.75) is 32.2 Å². The van der Waals surface area contributed by atoms with Crippen LogP contribution < -0.4 is 0 Å². The van der Waals surface area contributed by atoms with Crippen LogP contribution in [0.25, 0.3) is 10.4 Å². The lowest BCUT2D eigenvalue weighted by Gasteiger charge is -2.38. The Morgan fingerprint density at radius 2 is 1.97 bits per heavy atom. The number of azide groups is 1. The van der Waals surface area contributed by atoms with E-state index in [-0.39, 0.29) is 11.9 Å². The van der Waals surface area contributed by atoms with Crippen LogP contribution in [0.2, 0.25) is 0 Å². The van der Waals surface area contributed by atoms with Crippen LogP contribution in [0.1, 0.15) is 42.4 Å². The summed E-state index contributed by atoms with van der Waals surface area (Å²) < 4.78 is 5.18. The molecular weight excluding hydrogens is 376 g/mol. The fraction of sp³-hybridized carbons (Fsp3) is 0.375. The van der Waals surface area contributed by atoms with E-state index in [9.17, 15) is 4.79 Å². The van der Waals surface area contributed by atoms with Gasteiger partial charge in [0.2, 0.25) is 0 Å². The zero-order chi connectivity index (χ0) is 21.3. The average Bonchev–Trinajstić information content (AvgIpc) is 2.75. The van der Waals surface area contributed by atoms with Gasteiger partial charge in [-0.05, 0) is 54.0 Å². The molecule has 0 radical (unpaired) electrons. The maximum atomic E-state index is 12.1. The summed E-state index contributed by atoms with van der Waals surface area (Å²) >= 11 is 0. The molecule has 0 aromatic heterocycles. The van der Waals surface area contributed by atoms with Crippen molar-refractivity contribution in [1.29, 1.82) is 0 Å². The molecule has 1 aliphatic heterocycles. The number of nitrogens with zero attached hydrogens (tertiary/aromatic N) is 4. The fourth-order valence-electron chi connectivity index (χ4n) is 4.11. The first-order valence-corrected chi connectivity index (χ1v) is 10.2. The van der Waals surface area contributed by atoms with Gasteiger partial charge in [-0.25, -0.2) is 0 Å². The van der Waals surface area contributed by atoms with Gasteiger partial charge in [-0.1, -0.05) is 47.4 Å². The number of carbonyl (C=O) groups is 1. The zero-order valence-electron chi connectivity index (χ0n) is 17.2. The van der Waals surface area contributed by atoms with E-state index in [1.54, 1.807) is 0 Å². The van der Waals surface area contributed by atoms with Gasteiger partial charge in [0.25, 0.3) is 0 Å². The van der Waals surface area contributed by atoms with Crippen LogP contribution in [-0.2, 0) is 16.1 Å². The lowest BCUT2D eigenvalue weighted by molar-refractivity contribution is -0.144. The van der Waals surface area contributed by atoms with Gasteiger partial charge in [-0.2, -0.15) is 0 Å². The number of piperidine rings is 1. The molecule has 30 heavy (non-hydrogen) atoms. The van der Waals surface area contributed by atoms with E-state index >= 15 is 0 Å². The first-order valence-electron chi connectivity index (χ1n) is 10.2. The van der Waals surface area contributed by atoms with E-state index in [4.69, 9.17) is 16.7 Å². The smallest absolute Gasteiger partial charge is 0.306 e. The Balaban J connectivity index is 1.76. The van der Waals surface area contributed by atoms with Gasteiger partial charge in [-0.3, -0.25) is 9.69 Å². The second-order valence-electron chi connectivity index (χ2n) is 7.62. The molecule has 6 nitrogen and oxygen atoms in total. The van der Waals surface area contributed by atoms with Crippen molar-refractivity contribution in [3.05, 3.63) is 75.7 Å². The highest BCUT2D eigenvalue weighted by Crippen LogP contribution is 2.33. The molecule has 1 saturated heterocycles. The van der Waals surface area contributed by atoms with Crippen molar-refractivity contribution in [1.82, 2.24) is 4.90 Å². The number of carbonyl (C=O) groups excluding carboxylic acids is 1. The molecule has 0 N–H and O–H groups in total. The summed E-state index contributed by atoms with van der Waals surface area (Å²) in [5.41, 5.74) is 12.5. The summed E-state index contributed by atoms with van der Waals surface area (Å²) in [6.45, 7) is 4.79. The molecule has 3 rings (SSSR count). The molecule has 2 aromatic rings. The molecular formula is C24H26N4O2. The predicted octanol–water partition coefficient (Wildman–Crippen LogP) is 5.17. The van der Waals surface area contributed by atoms with Gasteiger partial charge in [0.15, 0.2) is 0 Å². The second kappa shape index (κ2) is 10.5. The third-order valence-corrected chi connectivity index (χ3v) is 5.42. The summed E-state index contributed by atoms with van der Waals surface area (Å²) in [6, 6.07) is 15.8. The van der Waals surface area contributed by atoms with Crippen molar-refractivity contribution < 1.29 is 9.53 Å². The van der Waals surface area contributed by atoms with Gasteiger partial charge in [0, 0.05) is 42.2 Å². The number of ether oxygens (including phenoxy) is 1. The Hall–Kier alpha value is -3.26. The Kier molecular flexibility index (Phi) is 7.51. The minimum absolute atomic E-state index is 0.139. The van der Waals surface area contributed by atoms with Gasteiger partial charge < -0.3 is 4.74 Å². The molecule has 6 heteroatoms. The van der Waals surface area contributed by atoms with Crippen molar-refractivity contribution in [3.63, 3.8) is 0 Å². The van der Waals surface area contributed by atoms with Crippen LogP contribution in [0.3, 0.4) is 0 Å². The van der Waals surface area contributed by atoms with Gasteiger partial charge >= 0.3 is 5.97 Å². The number of esters is 1. The van der Waals surface area contributed by atoms with Crippen LogP contribution in [0.4, 0.5) is 5.69 Å². The molecule has 0 saturated carbocycles. The highest BCUT2D eigenvalue weighted by molar-refractivity contribution is 5.69. The summed E-state index contributed by atoms with van der Waals surface area (Å²) in [5.74, 6) is 3.03. The third kappa shape index (κ3) is 5.87. The molecule has 0 unspecified atom stereocenters. The predicted molar refractivity (Wildman–Crippen MR) is 117 cm³/mol. The number of likely N-dealkylation sites (tertiary alicyclic amines) is 1. The van der Waals surface area contributed by atoms with Gasteiger partial charge in [-0.15, -0.1) is 6.42 Å². The number of terminal acetylenes is 1. The van der Waals surface area contributed by atoms with Crippen molar-refractivity contribution >= 4 is 11.7 Å². The minimum atomic E-state index is -0.139. The molecule has 0 amide bonds. The van der Waals surface area contributed by atoms with Crippen LogP contribution in [0, 0.1) is 18.3 Å². The van der Waals surface area contributed by atoms with Crippen molar-refractivity contribution in [3.8, 4) is 12.3 Å². The third-order valence-electron chi connectivity index (χ3n) is 5.42. The quantitative estimate of drug-likeness (QED) is 0.211. The van der Waals surface area contributed by atoms with E-state index in [1.165, 1.54) is 11.1 Å². The van der Waals surface area contributed by atoms with Crippen molar-refractivity contribution in [2.24, 2.45) is 11.0 Å². The lowest BCUT2D eigenvalue weighted by Crippen LogP contribution is -2.40. The maximum absolute atomic E-state index is 12.1. The van der Waals surface area contributed by atoms with E-state index in [0.29, 0.717) is 24.6 Å². The average molecular weight is 402 g/mol. The Morgan fingerprint density at radius 3 is 2.60 bits per heavy atom. The first-order chi connectivity index (χ1) is 14.6. The Morgan fingerprint density at radius 1 is 1.23 bits per heavy atom. The van der Waals surface area contributed by atoms with Crippen LogP contribution in [0.5, 0.6) is 0 Å². The molecule has 0 bridgehead atoms. The van der Waals surface area contributed by atoms with Gasteiger partial charge in [0.05, 0.1) is 6.61 Å². The summed E-state index contributed by atoms with van der Waals surface area (Å²) in [7, 11) is 0. The second-order valence-corrected chi connectivity index (χ2v) is 7.62. The van der Waals surface area contributed by atoms with Gasteiger partial charge in [0.1, 0.15) is 0 Å². The van der Waals surface area contributed by atoms with E-state index in [1.807, 2.05) is 43.3 Å². The summed E-state index contributed by atoms with van der Waals surface area (Å²) in [4.78, 5) is 17.3. The molecule has 1 heterocycles. The number of rotatable bonds is 7. The molecule has 2 atom stereocenters. The number of hydrogen-bond donors (Lipinski definition) is 0. The fourth-order valence-corrected chi connectivity index (χ4v) is 4.11. The van der Waals surface area contributed by atoms with E-state index in [0.717, 1.165) is 31.6 Å². The largest absolute Gasteiger partial charge is 0.466 e. The maximum Gasteiger partial charge on any atom is 0.306 e. The minimum Gasteiger partial charge on any atom is -0.466 e. The van der Waals surface area contributed by atoms with Crippen LogP contribution in [-0.4, -0.2) is 30.6 Å². The molecule has 2 aromatic carbocycles. The van der Waals surface area contributed by atoms with Crippen LogP contribution >= 0.6 is 0 Å². The molecule has 1 fully saturated rings. The van der Waals surface area contributed by atoms with Crippen LogP contribution in [0.15, 0.2) is 53.6 Å². The van der Waals surface area contributed by atoms with E-state index < -0.39 is 0 Å². The Labute approximate surface area is 177 Å². The molecule has 0 spiro atoms. The lowest BCUT2D eigenvalue weighted by atomic mass is 9.83. The van der Waals surface area contributed by atoms with E-state index in [2.05, 4.69) is 33.0 Å². The monoisotopic (exact) mass is 402 g/mol. The SMILES string of the molecule is C#Cc1ccc(CN2C[C@H](CC(=O)OCC)C[C@@H](c3ccc(N=[N+]=[N-])cc3)C2)cc1. The zero-order valence-corrected chi connectivity index (χ0v) is 17.2. The standard InChI is InChI=1S/C24H26N4O2/c1-3-18-5-7-19(8-6-18)15-28-16-20(14-24(29)30-4-2)13-22(17-28)21-9-11-23(12-10-21)26-27-25/h1,5-12,20,22H,4,13-17H2,2H3/t20-,22+/m0/s1. The summed E-state index contributed by atoms with van der Waals surface area (Å²) in [5, 5.41) is 3.65. The first kappa shape index (κ1) is 21.4.